The van der Waals surface area contributed by atoms with Crippen molar-refractivity contribution >= 4 is 72.2 Å². The third kappa shape index (κ3) is 19.6. The second-order valence-electron chi connectivity index (χ2n) is 25.2. The number of rotatable bonds is 30. The molecule has 2 aliphatic heterocycles. The number of pyridine rings is 2. The Bertz CT molecular complexity index is 4800. The SMILES string of the molecule is CCOC(=O)CCP(=O)(CCCNC(=O)c1c2c(c(O)c3ncccc13)C(=O)N(Cc1ccc(F)cc1)C2)Oc1ccccc1.CCOC(=O)[C@H](C)CP(=O)(CCCNC)Oc1ccccc1.O=C(O)c1c2c(c(OC(c3ccccc3)c3ccccc3)c3ncccc13)C(=O)N(Cc1ccc(F)cc1)C2. The van der Waals surface area contributed by atoms with Crippen molar-refractivity contribution in [1.29, 1.82) is 0 Å². The molecular weight excluding hydrogens is 1400 g/mol. The fourth-order valence-electron chi connectivity index (χ4n) is 12.6. The van der Waals surface area contributed by atoms with Gasteiger partial charge in [0.1, 0.15) is 40.3 Å². The molecule has 3 amide bonds. The first-order valence-corrected chi connectivity index (χ1v) is 38.7. The minimum absolute atomic E-state index is 0.00758. The maximum atomic E-state index is 13.9. The number of aromatic carboxylic acids is 1. The van der Waals surface area contributed by atoms with Crippen LogP contribution in [0, 0.1) is 17.6 Å². The smallest absolute Gasteiger partial charge is 0.336 e. The average Bonchev–Trinajstić information content (AvgIpc) is 1.52. The van der Waals surface area contributed by atoms with Gasteiger partial charge in [0, 0.05) is 91.7 Å². The van der Waals surface area contributed by atoms with E-state index in [0.29, 0.717) is 57.2 Å². The van der Waals surface area contributed by atoms with Crippen LogP contribution in [0.3, 0.4) is 0 Å². The first-order chi connectivity index (χ1) is 51.2. The number of ether oxygens (including phenoxy) is 3. The third-order valence-corrected chi connectivity index (χ3v) is 22.6. The Morgan fingerprint density at radius 2 is 1.05 bits per heavy atom. The molecule has 10 aromatic rings. The second-order valence-corrected chi connectivity index (χ2v) is 30.5. The Balaban J connectivity index is 0.000000180. The van der Waals surface area contributed by atoms with Gasteiger partial charge in [0.15, 0.2) is 11.5 Å². The van der Waals surface area contributed by atoms with Gasteiger partial charge in [0.2, 0.25) is 14.7 Å². The number of halogens is 2. The monoisotopic (exact) mass is 1480 g/mol. The van der Waals surface area contributed by atoms with Crippen molar-refractivity contribution in [3.05, 3.63) is 274 Å². The van der Waals surface area contributed by atoms with Gasteiger partial charge >= 0.3 is 17.9 Å². The number of carbonyl (C=O) groups is 6. The van der Waals surface area contributed by atoms with Gasteiger partial charge in [-0.05, 0) is 123 Å². The van der Waals surface area contributed by atoms with Crippen LogP contribution in [-0.4, -0.2) is 124 Å². The number of benzene rings is 8. The van der Waals surface area contributed by atoms with E-state index in [1.807, 2.05) is 85.9 Å². The quantitative estimate of drug-likeness (QED) is 0.0185. The topological polar surface area (TPSA) is 279 Å². The predicted molar refractivity (Wildman–Crippen MR) is 399 cm³/mol. The summed E-state index contributed by atoms with van der Waals surface area (Å²) in [6, 6.07) is 55.4. The molecule has 3 atom stereocenters. The van der Waals surface area contributed by atoms with E-state index in [-0.39, 0.29) is 128 Å². The van der Waals surface area contributed by atoms with Crippen LogP contribution in [0.2, 0.25) is 0 Å². The van der Waals surface area contributed by atoms with E-state index in [2.05, 4.69) is 20.6 Å². The summed E-state index contributed by atoms with van der Waals surface area (Å²) < 4.78 is 82.1. The standard InChI is InChI=1S/C33H33FN3O7P.C32H23FN2O4.C16H26NO4P/c1-2-43-27(38)15-19-45(42,44-24-8-4-3-5-9-24)18-7-17-36-32(40)28-25-10-6-16-35-30(25)31(39)29-26(28)21-37(33(29)41)20-22-11-13-23(34)14-12-22;33-23-15-13-20(14-16-23)18-35-19-25-26(32(37)38)24-12-7-17-34-28(24)30(27(25)31(35)36)39-29(21-8-3-1-4-9-21)22-10-5-2-6-11-22;1-4-20-16(18)14(2)13-22(19,12-8-11-17-3)21-15-9-6-5-7-10-15/h3-6,8-14,16,39H,2,7,15,17-21H2,1H3,(H,36,40);1-17,29H,18-19H2,(H,37,38);5-7,9-10,14,17H,4,8,11-13H2,1-3H3/t;;14-,22?/m..1/s1. The summed E-state index contributed by atoms with van der Waals surface area (Å²) in [5.74, 6) is -3.51. The molecule has 0 fully saturated rings. The van der Waals surface area contributed by atoms with Crippen molar-refractivity contribution in [2.75, 3.05) is 58.0 Å². The van der Waals surface area contributed by atoms with Crippen LogP contribution in [0.25, 0.3) is 21.8 Å². The average molecular weight is 1480 g/mol. The Hall–Kier alpha value is -11.1. The normalized spacial score (nSPS) is 13.6. The third-order valence-electron chi connectivity index (χ3n) is 17.5. The molecule has 12 rings (SSSR count). The van der Waals surface area contributed by atoms with Crippen LogP contribution in [-0.2, 0) is 54.4 Å². The number of nitrogens with zero attached hydrogens (tertiary/aromatic N) is 4. The maximum absolute atomic E-state index is 13.9. The number of carboxylic acid groups (broad SMARTS) is 1. The zero-order chi connectivity index (χ0) is 75.3. The van der Waals surface area contributed by atoms with E-state index in [0.717, 1.165) is 29.7 Å². The van der Waals surface area contributed by atoms with Gasteiger partial charge in [-0.3, -0.25) is 43.1 Å². The molecule has 4 N–H and O–H groups in total. The molecule has 0 saturated carbocycles. The van der Waals surface area contributed by atoms with Crippen molar-refractivity contribution in [1.82, 2.24) is 30.4 Å². The Labute approximate surface area is 612 Å². The molecule has 4 heterocycles. The van der Waals surface area contributed by atoms with Crippen LogP contribution < -0.4 is 24.4 Å². The van der Waals surface area contributed by atoms with Crippen molar-refractivity contribution in [3.63, 3.8) is 0 Å². The first-order valence-electron chi connectivity index (χ1n) is 34.7. The van der Waals surface area contributed by atoms with E-state index in [1.54, 1.807) is 123 Å². The number of aromatic nitrogens is 2. The van der Waals surface area contributed by atoms with E-state index in [1.165, 1.54) is 35.4 Å². The number of hydrogen-bond donors (Lipinski definition) is 4. The minimum Gasteiger partial charge on any atom is -0.505 e. The molecule has 2 aliphatic rings. The number of para-hydroxylation sites is 2. The summed E-state index contributed by atoms with van der Waals surface area (Å²) in [6.45, 7) is 7.11. The van der Waals surface area contributed by atoms with Crippen LogP contribution in [0.5, 0.6) is 23.0 Å². The molecule has 21 nitrogen and oxygen atoms in total. The minimum atomic E-state index is -3.33. The van der Waals surface area contributed by atoms with Crippen molar-refractivity contribution in [3.8, 4) is 23.0 Å². The zero-order valence-electron chi connectivity index (χ0n) is 59.0. The summed E-state index contributed by atoms with van der Waals surface area (Å²) in [4.78, 5) is 89.1. The lowest BCUT2D eigenvalue weighted by Gasteiger charge is -2.23. The largest absolute Gasteiger partial charge is 0.505 e. The van der Waals surface area contributed by atoms with Gasteiger partial charge < -0.3 is 53.9 Å². The molecule has 0 bridgehead atoms. The van der Waals surface area contributed by atoms with Gasteiger partial charge in [-0.2, -0.15) is 0 Å². The number of phenolic OH excluding ortho intramolecular Hbond substituents is 1. The molecule has 106 heavy (non-hydrogen) atoms. The number of amides is 3. The number of phenols is 1. The van der Waals surface area contributed by atoms with Gasteiger partial charge in [0.25, 0.3) is 17.7 Å². The number of hydrogen-bond acceptors (Lipinski definition) is 17. The van der Waals surface area contributed by atoms with E-state index >= 15 is 0 Å². The first kappa shape index (κ1) is 77.5. The highest BCUT2D eigenvalue weighted by Crippen LogP contribution is 2.51. The van der Waals surface area contributed by atoms with E-state index in [9.17, 15) is 56.9 Å². The highest BCUT2D eigenvalue weighted by molar-refractivity contribution is 7.59. The van der Waals surface area contributed by atoms with Gasteiger partial charge in [-0.1, -0.05) is 140 Å². The molecule has 8 aromatic carbocycles. The fraction of sp³-hybridized carbons (Fsp3) is 0.259. The highest BCUT2D eigenvalue weighted by Gasteiger charge is 2.40. The lowest BCUT2D eigenvalue weighted by Crippen LogP contribution is -2.27. The van der Waals surface area contributed by atoms with Gasteiger partial charge in [-0.15, -0.1) is 0 Å². The molecule has 0 radical (unpaired) electrons. The number of nitrogens with one attached hydrogen (secondary N) is 2. The summed E-state index contributed by atoms with van der Waals surface area (Å²) in [6.07, 6.45) is 4.12. The number of fused-ring (bicyclic) bond motifs is 4. The Morgan fingerprint density at radius 3 is 1.57 bits per heavy atom. The molecule has 0 spiro atoms. The van der Waals surface area contributed by atoms with Crippen LogP contribution >= 0.6 is 14.7 Å². The summed E-state index contributed by atoms with van der Waals surface area (Å²) in [7, 11) is -4.43. The summed E-state index contributed by atoms with van der Waals surface area (Å²) >= 11 is 0. The Morgan fingerprint density at radius 1 is 0.575 bits per heavy atom. The maximum Gasteiger partial charge on any atom is 0.336 e. The van der Waals surface area contributed by atoms with Crippen LogP contribution in [0.4, 0.5) is 8.78 Å². The lowest BCUT2D eigenvalue weighted by atomic mass is 9.96. The highest BCUT2D eigenvalue weighted by atomic mass is 31.2. The number of aromatic hydroxyl groups is 1. The zero-order valence-corrected chi connectivity index (χ0v) is 60.8. The van der Waals surface area contributed by atoms with Crippen molar-refractivity contribution < 1.29 is 80.1 Å². The molecule has 2 aromatic heterocycles. The number of carbonyl (C=O) groups excluding carboxylic acids is 5. The van der Waals surface area contributed by atoms with Crippen molar-refractivity contribution in [2.24, 2.45) is 5.92 Å². The molecule has 550 valence electrons. The van der Waals surface area contributed by atoms with E-state index < -0.39 is 56.3 Å². The van der Waals surface area contributed by atoms with Crippen molar-refractivity contribution in [2.45, 2.75) is 72.3 Å². The molecule has 0 aliphatic carbocycles. The molecular formula is C81H82F2N6O15P2. The summed E-state index contributed by atoms with van der Waals surface area (Å²) in [5.41, 5.74) is 4.79. The van der Waals surface area contributed by atoms with E-state index in [4.69, 9.17) is 23.3 Å². The second kappa shape index (κ2) is 36.5. The lowest BCUT2D eigenvalue weighted by molar-refractivity contribution is -0.146. The van der Waals surface area contributed by atoms with Gasteiger partial charge in [-0.25, -0.2) is 13.6 Å². The molecule has 2 unspecified atom stereocenters. The number of carboxylic acids is 1. The van der Waals surface area contributed by atoms with Crippen LogP contribution in [0.1, 0.15) is 121 Å². The Kier molecular flexibility index (Phi) is 26.7. The molecule has 25 heteroatoms. The van der Waals surface area contributed by atoms with Crippen LogP contribution in [0.15, 0.2) is 207 Å². The summed E-state index contributed by atoms with van der Waals surface area (Å²) in [5, 5.41) is 27.9. The predicted octanol–water partition coefficient (Wildman–Crippen LogP) is 15.2. The van der Waals surface area contributed by atoms with Gasteiger partial charge in [0.05, 0.1) is 47.8 Å². The number of esters is 2. The fourth-order valence-corrected chi connectivity index (χ4v) is 17.1. The molecule has 0 saturated heterocycles.